The monoisotopic (exact) mass is 301 g/mol. The van der Waals surface area contributed by atoms with E-state index in [4.69, 9.17) is 4.52 Å². The lowest BCUT2D eigenvalue weighted by Gasteiger charge is -2.35. The van der Waals surface area contributed by atoms with Crippen molar-refractivity contribution in [3.05, 3.63) is 17.5 Å². The number of hydrogen-bond donors (Lipinski definition) is 1. The average Bonchev–Trinajstić information content (AvgIpc) is 2.82. The van der Waals surface area contributed by atoms with Crippen LogP contribution >= 0.6 is 0 Å². The Kier molecular flexibility index (Phi) is 4.44. The zero-order chi connectivity index (χ0) is 14.8. The molecule has 0 bridgehead atoms. The molecule has 0 aliphatic carbocycles. The second-order valence-corrected chi connectivity index (χ2v) is 6.92. The summed E-state index contributed by atoms with van der Waals surface area (Å²) in [5, 5.41) is 3.73. The van der Waals surface area contributed by atoms with Gasteiger partial charge in [0, 0.05) is 25.2 Å². The van der Waals surface area contributed by atoms with Gasteiger partial charge in [-0.15, -0.1) is 0 Å². The summed E-state index contributed by atoms with van der Waals surface area (Å²) in [6.07, 6.45) is 3.80. The number of nitrogens with one attached hydrogen (secondary N) is 1. The van der Waals surface area contributed by atoms with E-state index in [0.29, 0.717) is 12.3 Å². The van der Waals surface area contributed by atoms with Crippen LogP contribution in [-0.2, 0) is 10.0 Å². The van der Waals surface area contributed by atoms with Crippen LogP contribution < -0.4 is 4.72 Å². The van der Waals surface area contributed by atoms with Crippen molar-refractivity contribution in [2.45, 2.75) is 32.2 Å². The highest BCUT2D eigenvalue weighted by atomic mass is 32.2. The first kappa shape index (κ1) is 15.0. The van der Waals surface area contributed by atoms with Gasteiger partial charge in [0.25, 0.3) is 5.91 Å². The third-order valence-corrected chi connectivity index (χ3v) is 4.01. The van der Waals surface area contributed by atoms with Gasteiger partial charge in [-0.05, 0) is 26.2 Å². The van der Waals surface area contributed by atoms with Crippen molar-refractivity contribution in [3.63, 3.8) is 0 Å². The molecule has 7 nitrogen and oxygen atoms in total. The largest absolute Gasteiger partial charge is 0.361 e. The first-order valence-electron chi connectivity index (χ1n) is 6.56. The van der Waals surface area contributed by atoms with Gasteiger partial charge in [0.2, 0.25) is 10.0 Å². The highest BCUT2D eigenvalue weighted by molar-refractivity contribution is 7.88. The second-order valence-electron chi connectivity index (χ2n) is 5.09. The van der Waals surface area contributed by atoms with Crippen molar-refractivity contribution in [1.82, 2.24) is 14.8 Å². The Bertz CT molecular complexity index is 581. The van der Waals surface area contributed by atoms with Gasteiger partial charge in [-0.3, -0.25) is 4.79 Å². The van der Waals surface area contributed by atoms with Crippen molar-refractivity contribution in [1.29, 1.82) is 0 Å². The molecule has 1 saturated heterocycles. The van der Waals surface area contributed by atoms with Crippen LogP contribution in [0.5, 0.6) is 0 Å². The summed E-state index contributed by atoms with van der Waals surface area (Å²) in [6.45, 7) is 2.57. The predicted molar refractivity (Wildman–Crippen MR) is 72.8 cm³/mol. The van der Waals surface area contributed by atoms with Crippen LogP contribution in [-0.4, -0.2) is 49.8 Å². The van der Waals surface area contributed by atoms with Gasteiger partial charge in [0.1, 0.15) is 5.76 Å². The Labute approximate surface area is 118 Å². The van der Waals surface area contributed by atoms with Gasteiger partial charge in [0.05, 0.1) is 6.26 Å². The molecule has 20 heavy (non-hydrogen) atoms. The van der Waals surface area contributed by atoms with Crippen LogP contribution in [0.3, 0.4) is 0 Å². The third-order valence-electron chi connectivity index (χ3n) is 3.32. The Balaban J connectivity index is 2.08. The summed E-state index contributed by atoms with van der Waals surface area (Å²) < 4.78 is 29.7. The smallest absolute Gasteiger partial charge is 0.276 e. The van der Waals surface area contributed by atoms with Crippen molar-refractivity contribution in [3.8, 4) is 0 Å². The minimum atomic E-state index is -3.26. The van der Waals surface area contributed by atoms with Gasteiger partial charge in [-0.1, -0.05) is 5.16 Å². The molecule has 1 aromatic heterocycles. The molecule has 112 valence electrons. The molecular weight excluding hydrogens is 282 g/mol. The third kappa shape index (κ3) is 3.80. The van der Waals surface area contributed by atoms with E-state index in [1.165, 1.54) is 0 Å². The molecule has 1 fully saturated rings. The summed E-state index contributed by atoms with van der Waals surface area (Å²) in [7, 11) is -3.26. The Morgan fingerprint density at radius 2 is 2.30 bits per heavy atom. The number of sulfonamides is 1. The van der Waals surface area contributed by atoms with Gasteiger partial charge in [0.15, 0.2) is 5.69 Å². The molecule has 1 aliphatic heterocycles. The molecule has 1 N–H and O–H groups in total. The summed E-state index contributed by atoms with van der Waals surface area (Å²) >= 11 is 0. The van der Waals surface area contributed by atoms with E-state index in [9.17, 15) is 13.2 Å². The molecule has 8 heteroatoms. The molecule has 0 saturated carbocycles. The van der Waals surface area contributed by atoms with Gasteiger partial charge in [-0.25, -0.2) is 13.1 Å². The number of likely N-dealkylation sites (tertiary alicyclic amines) is 1. The highest BCUT2D eigenvalue weighted by Gasteiger charge is 2.29. The molecule has 0 unspecified atom stereocenters. The molecular formula is C12H19N3O4S. The molecule has 2 heterocycles. The van der Waals surface area contributed by atoms with Crippen LogP contribution in [0, 0.1) is 6.92 Å². The lowest BCUT2D eigenvalue weighted by atomic mass is 10.0. The Hall–Kier alpha value is -1.41. The number of carbonyl (C=O) groups excluding carboxylic acids is 1. The topological polar surface area (TPSA) is 92.5 Å². The van der Waals surface area contributed by atoms with E-state index >= 15 is 0 Å². The van der Waals surface area contributed by atoms with Gasteiger partial charge >= 0.3 is 0 Å². The number of hydrogen-bond acceptors (Lipinski definition) is 5. The van der Waals surface area contributed by atoms with Crippen molar-refractivity contribution < 1.29 is 17.7 Å². The quantitative estimate of drug-likeness (QED) is 0.875. The van der Waals surface area contributed by atoms with Crippen molar-refractivity contribution in [2.75, 3.05) is 19.3 Å². The number of aryl methyl sites for hydroxylation is 1. The van der Waals surface area contributed by atoms with E-state index in [0.717, 1.165) is 25.5 Å². The standard InChI is InChI=1S/C12H19N3O4S/c1-9-7-11(14-19-9)12(16)15-6-4-3-5-10(15)8-13-20(2,17)18/h7,10,13H,3-6,8H2,1-2H3/t10-/m0/s1. The number of aromatic nitrogens is 1. The van der Waals surface area contributed by atoms with Gasteiger partial charge < -0.3 is 9.42 Å². The fourth-order valence-electron chi connectivity index (χ4n) is 2.34. The Morgan fingerprint density at radius 3 is 2.90 bits per heavy atom. The SMILES string of the molecule is Cc1cc(C(=O)N2CCCC[C@H]2CNS(C)(=O)=O)no1. The fraction of sp³-hybridized carbons (Fsp3) is 0.667. The van der Waals surface area contributed by atoms with Crippen LogP contribution in [0.2, 0.25) is 0 Å². The zero-order valence-corrected chi connectivity index (χ0v) is 12.4. The minimum Gasteiger partial charge on any atom is -0.361 e. The van der Waals surface area contributed by atoms with Crippen molar-refractivity contribution in [2.24, 2.45) is 0 Å². The summed E-state index contributed by atoms with van der Waals surface area (Å²) in [5.41, 5.74) is 0.272. The number of amides is 1. The van der Waals surface area contributed by atoms with Crippen LogP contribution in [0.25, 0.3) is 0 Å². The maximum absolute atomic E-state index is 12.4. The fourth-order valence-corrected chi connectivity index (χ4v) is 2.84. The van der Waals surface area contributed by atoms with Crippen LogP contribution in [0.15, 0.2) is 10.6 Å². The van der Waals surface area contributed by atoms with E-state index in [-0.39, 0.29) is 24.2 Å². The van der Waals surface area contributed by atoms with Crippen LogP contribution in [0.1, 0.15) is 35.5 Å². The number of piperidine rings is 1. The second kappa shape index (κ2) is 5.92. The maximum Gasteiger partial charge on any atom is 0.276 e. The summed E-state index contributed by atoms with van der Waals surface area (Å²) in [6, 6.07) is 1.46. The first-order valence-corrected chi connectivity index (χ1v) is 8.45. The van der Waals surface area contributed by atoms with E-state index < -0.39 is 10.0 Å². The molecule has 1 atom stereocenters. The number of nitrogens with zero attached hydrogens (tertiary/aromatic N) is 2. The highest BCUT2D eigenvalue weighted by Crippen LogP contribution is 2.19. The molecule has 0 spiro atoms. The molecule has 1 aromatic rings. The zero-order valence-electron chi connectivity index (χ0n) is 11.6. The van der Waals surface area contributed by atoms with E-state index in [2.05, 4.69) is 9.88 Å². The lowest BCUT2D eigenvalue weighted by molar-refractivity contribution is 0.0608. The summed E-state index contributed by atoms with van der Waals surface area (Å²) in [4.78, 5) is 14.1. The molecule has 1 aliphatic rings. The number of carbonyl (C=O) groups is 1. The van der Waals surface area contributed by atoms with Gasteiger partial charge in [-0.2, -0.15) is 0 Å². The minimum absolute atomic E-state index is 0.136. The van der Waals surface area contributed by atoms with E-state index in [1.807, 2.05) is 0 Å². The molecule has 2 rings (SSSR count). The van der Waals surface area contributed by atoms with E-state index in [1.54, 1.807) is 17.9 Å². The Morgan fingerprint density at radius 1 is 1.55 bits per heavy atom. The first-order chi connectivity index (χ1) is 9.37. The maximum atomic E-state index is 12.4. The number of rotatable bonds is 4. The van der Waals surface area contributed by atoms with Crippen LogP contribution in [0.4, 0.5) is 0 Å². The average molecular weight is 301 g/mol. The van der Waals surface area contributed by atoms with Crippen molar-refractivity contribution >= 4 is 15.9 Å². The predicted octanol–water partition coefficient (Wildman–Crippen LogP) is 0.527. The summed E-state index contributed by atoms with van der Waals surface area (Å²) in [5.74, 6) is 0.373. The molecule has 1 amide bonds. The lowest BCUT2D eigenvalue weighted by Crippen LogP contribution is -2.49. The molecule has 0 aromatic carbocycles. The normalized spacial score (nSPS) is 20.1. The molecule has 0 radical (unpaired) electrons.